The number of nitriles is 2. The summed E-state index contributed by atoms with van der Waals surface area (Å²) in [7, 11) is 0. The van der Waals surface area contributed by atoms with Crippen molar-refractivity contribution in [3.63, 3.8) is 0 Å². The van der Waals surface area contributed by atoms with Crippen molar-refractivity contribution in [3.05, 3.63) is 73.7 Å². The van der Waals surface area contributed by atoms with Crippen molar-refractivity contribution in [2.24, 2.45) is 0 Å². The average Bonchev–Trinajstić information content (AvgIpc) is 3.13. The highest BCUT2D eigenvalue weighted by Gasteiger charge is 2.25. The number of nitrogens with one attached hydrogen (secondary N) is 2. The number of aromatic nitrogens is 3. The second-order valence-corrected chi connectivity index (χ2v) is 8.13. The van der Waals surface area contributed by atoms with E-state index >= 15 is 0 Å². The summed E-state index contributed by atoms with van der Waals surface area (Å²) in [6, 6.07) is 16.1. The fourth-order valence-electron chi connectivity index (χ4n) is 3.25. The molecule has 0 aliphatic carbocycles. The standard InChI is InChI=1S/C21H12BrIN6/c22-21-18-14(8-24)17(13-5-1-2-6-16(13)23)15(9-25)19(20(18)28-29-21)27-11-12-4-3-7-26-10-12/h1-7,10,27H,11H2,(H,28,29). The largest absolute Gasteiger partial charge is 0.378 e. The quantitative estimate of drug-likeness (QED) is 0.331. The number of benzene rings is 2. The van der Waals surface area contributed by atoms with E-state index in [0.717, 1.165) is 14.7 Å². The van der Waals surface area contributed by atoms with Crippen LogP contribution in [0.1, 0.15) is 16.7 Å². The van der Waals surface area contributed by atoms with E-state index in [0.29, 0.717) is 44.4 Å². The Kier molecular flexibility index (Phi) is 5.47. The molecule has 2 aromatic carbocycles. The molecule has 0 aliphatic heterocycles. The molecule has 0 fully saturated rings. The number of halogens is 2. The Morgan fingerprint density at radius 1 is 1.10 bits per heavy atom. The van der Waals surface area contributed by atoms with E-state index in [-0.39, 0.29) is 0 Å². The van der Waals surface area contributed by atoms with Crippen LogP contribution in [0.5, 0.6) is 0 Å². The molecule has 4 rings (SSSR count). The number of aromatic amines is 1. The minimum atomic E-state index is 0.390. The molecule has 2 N–H and O–H groups in total. The summed E-state index contributed by atoms with van der Waals surface area (Å²) in [5, 5.41) is 31.3. The Hall–Kier alpha value is -2.95. The Morgan fingerprint density at radius 3 is 2.59 bits per heavy atom. The molecule has 0 saturated heterocycles. The van der Waals surface area contributed by atoms with Gasteiger partial charge in [-0.15, -0.1) is 0 Å². The molecular weight excluding hydrogens is 543 g/mol. The van der Waals surface area contributed by atoms with Gasteiger partial charge in [0.15, 0.2) is 0 Å². The molecule has 0 radical (unpaired) electrons. The van der Waals surface area contributed by atoms with Crippen molar-refractivity contribution in [1.82, 2.24) is 15.2 Å². The predicted molar refractivity (Wildman–Crippen MR) is 123 cm³/mol. The molecular formula is C21H12BrIN6. The highest BCUT2D eigenvalue weighted by atomic mass is 127. The monoisotopic (exact) mass is 554 g/mol. The molecule has 140 valence electrons. The van der Waals surface area contributed by atoms with E-state index in [9.17, 15) is 10.5 Å². The van der Waals surface area contributed by atoms with Gasteiger partial charge in [-0.25, -0.2) is 0 Å². The fourth-order valence-corrected chi connectivity index (χ4v) is 4.38. The number of H-pyrrole nitrogens is 1. The first-order chi connectivity index (χ1) is 14.2. The highest BCUT2D eigenvalue weighted by molar-refractivity contribution is 14.1. The minimum Gasteiger partial charge on any atom is -0.378 e. The summed E-state index contributed by atoms with van der Waals surface area (Å²) in [6.45, 7) is 0.472. The summed E-state index contributed by atoms with van der Waals surface area (Å²) in [4.78, 5) is 4.13. The topological polar surface area (TPSA) is 101 Å². The van der Waals surface area contributed by atoms with E-state index in [4.69, 9.17) is 0 Å². The van der Waals surface area contributed by atoms with Crippen LogP contribution in [0.15, 0.2) is 53.4 Å². The molecule has 2 aromatic heterocycles. The van der Waals surface area contributed by atoms with Gasteiger partial charge in [0.25, 0.3) is 0 Å². The molecule has 6 nitrogen and oxygen atoms in total. The number of pyridine rings is 1. The Morgan fingerprint density at radius 2 is 1.90 bits per heavy atom. The van der Waals surface area contributed by atoms with Crippen LogP contribution < -0.4 is 5.32 Å². The first kappa shape index (κ1) is 19.4. The summed E-state index contributed by atoms with van der Waals surface area (Å²) in [5.74, 6) is 0. The van der Waals surface area contributed by atoms with Gasteiger partial charge in [-0.3, -0.25) is 10.1 Å². The number of fused-ring (bicyclic) bond motifs is 1. The zero-order valence-corrected chi connectivity index (χ0v) is 18.6. The summed E-state index contributed by atoms with van der Waals surface area (Å²) >= 11 is 5.69. The SMILES string of the molecule is N#Cc1c(-c2ccccc2I)c(C#N)c2c(Br)[nH]nc2c1NCc1cccnc1. The molecule has 4 aromatic rings. The van der Waals surface area contributed by atoms with Crippen LogP contribution in [0.25, 0.3) is 22.0 Å². The van der Waals surface area contributed by atoms with Crippen LogP contribution >= 0.6 is 38.5 Å². The van der Waals surface area contributed by atoms with Gasteiger partial charge >= 0.3 is 0 Å². The van der Waals surface area contributed by atoms with E-state index in [2.05, 4.69) is 71.2 Å². The van der Waals surface area contributed by atoms with E-state index in [1.807, 2.05) is 36.4 Å². The Labute approximate surface area is 188 Å². The first-order valence-electron chi connectivity index (χ1n) is 8.57. The lowest BCUT2D eigenvalue weighted by Gasteiger charge is -2.16. The number of rotatable bonds is 4. The third-order valence-electron chi connectivity index (χ3n) is 4.52. The van der Waals surface area contributed by atoms with Gasteiger partial charge in [0.2, 0.25) is 0 Å². The second kappa shape index (κ2) is 8.19. The lowest BCUT2D eigenvalue weighted by molar-refractivity contribution is 1.08. The van der Waals surface area contributed by atoms with Crippen molar-refractivity contribution in [1.29, 1.82) is 10.5 Å². The maximum absolute atomic E-state index is 10.1. The van der Waals surface area contributed by atoms with Crippen LogP contribution in [0, 0.1) is 26.2 Å². The number of hydrogen-bond donors (Lipinski definition) is 2. The molecule has 0 aliphatic rings. The lowest BCUT2D eigenvalue weighted by Crippen LogP contribution is -2.05. The molecule has 0 unspecified atom stereocenters. The molecule has 0 saturated carbocycles. The van der Waals surface area contributed by atoms with E-state index in [1.54, 1.807) is 12.4 Å². The highest BCUT2D eigenvalue weighted by Crippen LogP contribution is 2.42. The fraction of sp³-hybridized carbons (Fsp3) is 0.0476. The van der Waals surface area contributed by atoms with Crippen LogP contribution in [0.4, 0.5) is 5.69 Å². The van der Waals surface area contributed by atoms with Gasteiger partial charge in [-0.2, -0.15) is 15.6 Å². The molecule has 0 atom stereocenters. The van der Waals surface area contributed by atoms with Gasteiger partial charge in [-0.05, 0) is 61.8 Å². The van der Waals surface area contributed by atoms with Gasteiger partial charge in [0.05, 0.1) is 22.2 Å². The third-order valence-corrected chi connectivity index (χ3v) is 6.03. The summed E-state index contributed by atoms with van der Waals surface area (Å²) < 4.78 is 1.56. The van der Waals surface area contributed by atoms with Gasteiger partial charge in [0, 0.05) is 28.1 Å². The molecule has 29 heavy (non-hydrogen) atoms. The van der Waals surface area contributed by atoms with Crippen molar-refractivity contribution in [2.75, 3.05) is 5.32 Å². The number of anilines is 1. The van der Waals surface area contributed by atoms with Crippen LogP contribution in [-0.4, -0.2) is 15.2 Å². The Balaban J connectivity index is 2.02. The van der Waals surface area contributed by atoms with E-state index in [1.165, 1.54) is 0 Å². The minimum absolute atomic E-state index is 0.390. The number of hydrogen-bond acceptors (Lipinski definition) is 5. The molecule has 8 heteroatoms. The zero-order chi connectivity index (χ0) is 20.4. The first-order valence-corrected chi connectivity index (χ1v) is 10.4. The smallest absolute Gasteiger partial charge is 0.119 e. The second-order valence-electron chi connectivity index (χ2n) is 6.18. The Bertz CT molecular complexity index is 1300. The van der Waals surface area contributed by atoms with Crippen molar-refractivity contribution in [3.8, 4) is 23.3 Å². The van der Waals surface area contributed by atoms with Crippen molar-refractivity contribution in [2.45, 2.75) is 6.54 Å². The number of nitrogens with zero attached hydrogens (tertiary/aromatic N) is 4. The van der Waals surface area contributed by atoms with Crippen molar-refractivity contribution < 1.29 is 0 Å². The summed E-state index contributed by atoms with van der Waals surface area (Å²) in [5.41, 5.74) is 4.34. The zero-order valence-electron chi connectivity index (χ0n) is 14.9. The van der Waals surface area contributed by atoms with Crippen molar-refractivity contribution >= 4 is 55.1 Å². The normalized spacial score (nSPS) is 10.5. The third kappa shape index (κ3) is 3.46. The van der Waals surface area contributed by atoms with Crippen LogP contribution in [-0.2, 0) is 6.54 Å². The average molecular weight is 555 g/mol. The van der Waals surface area contributed by atoms with Crippen LogP contribution in [0.2, 0.25) is 0 Å². The van der Waals surface area contributed by atoms with E-state index < -0.39 is 0 Å². The maximum Gasteiger partial charge on any atom is 0.119 e. The van der Waals surface area contributed by atoms with Gasteiger partial charge < -0.3 is 5.32 Å². The maximum atomic E-state index is 10.1. The predicted octanol–water partition coefficient (Wildman–Crippen LogP) is 5.35. The van der Waals surface area contributed by atoms with Crippen LogP contribution in [0.3, 0.4) is 0 Å². The molecule has 0 bridgehead atoms. The molecule has 0 spiro atoms. The summed E-state index contributed by atoms with van der Waals surface area (Å²) in [6.07, 6.45) is 3.48. The van der Waals surface area contributed by atoms with Gasteiger partial charge in [-0.1, -0.05) is 24.3 Å². The molecule has 2 heterocycles. The lowest BCUT2D eigenvalue weighted by atomic mass is 9.91. The van der Waals surface area contributed by atoms with Gasteiger partial charge in [0.1, 0.15) is 22.3 Å². The molecule has 0 amide bonds.